The average Bonchev–Trinajstić information content (AvgIpc) is 3.47. The van der Waals surface area contributed by atoms with Gasteiger partial charge in [-0.2, -0.15) is 5.26 Å². The Hall–Kier alpha value is -2.59. The first-order chi connectivity index (χ1) is 12.4. The van der Waals surface area contributed by atoms with Gasteiger partial charge in [0.15, 0.2) is 0 Å². The van der Waals surface area contributed by atoms with E-state index in [1.54, 1.807) is 31.1 Å². The van der Waals surface area contributed by atoms with Gasteiger partial charge < -0.3 is 15.4 Å². The van der Waals surface area contributed by atoms with Crippen molar-refractivity contribution in [2.45, 2.75) is 32.2 Å². The fourth-order valence-corrected chi connectivity index (χ4v) is 2.83. The van der Waals surface area contributed by atoms with E-state index in [1.807, 2.05) is 19.1 Å². The van der Waals surface area contributed by atoms with Crippen molar-refractivity contribution in [2.75, 3.05) is 32.1 Å². The van der Waals surface area contributed by atoms with Crippen LogP contribution in [0, 0.1) is 17.2 Å². The molecule has 1 aromatic carbocycles. The smallest absolute Gasteiger partial charge is 0.238 e. The van der Waals surface area contributed by atoms with Gasteiger partial charge in [0.1, 0.15) is 11.3 Å². The number of para-hydroxylation sites is 2. The van der Waals surface area contributed by atoms with Crippen LogP contribution in [0.25, 0.3) is 0 Å². The summed E-state index contributed by atoms with van der Waals surface area (Å²) in [5.41, 5.74) is -0.234. The van der Waals surface area contributed by atoms with Crippen molar-refractivity contribution in [1.29, 1.82) is 5.26 Å². The topological polar surface area (TPSA) is 94.5 Å². The molecule has 1 fully saturated rings. The van der Waals surface area contributed by atoms with Crippen LogP contribution in [0.2, 0.25) is 0 Å². The van der Waals surface area contributed by atoms with Crippen LogP contribution >= 0.6 is 0 Å². The number of anilines is 1. The van der Waals surface area contributed by atoms with Crippen molar-refractivity contribution >= 4 is 17.5 Å². The normalized spacial score (nSPS) is 15.7. The number of hydrogen-bond donors (Lipinski definition) is 2. The average molecular weight is 358 g/mol. The number of amides is 2. The van der Waals surface area contributed by atoms with Crippen LogP contribution in [-0.2, 0) is 9.59 Å². The summed E-state index contributed by atoms with van der Waals surface area (Å²) in [6, 6.07) is 9.36. The summed E-state index contributed by atoms with van der Waals surface area (Å²) in [5.74, 6) is 0.332. The molecule has 1 aromatic rings. The lowest BCUT2D eigenvalue weighted by molar-refractivity contribution is -0.124. The molecule has 0 heterocycles. The van der Waals surface area contributed by atoms with E-state index in [1.165, 1.54) is 0 Å². The van der Waals surface area contributed by atoms with E-state index in [0.717, 1.165) is 12.8 Å². The van der Waals surface area contributed by atoms with E-state index in [0.29, 0.717) is 18.0 Å². The highest BCUT2D eigenvalue weighted by molar-refractivity contribution is 5.94. The molecule has 140 valence electrons. The quantitative estimate of drug-likeness (QED) is 0.701. The van der Waals surface area contributed by atoms with Gasteiger partial charge >= 0.3 is 0 Å². The van der Waals surface area contributed by atoms with E-state index < -0.39 is 5.54 Å². The Balaban J connectivity index is 1.89. The molecule has 7 heteroatoms. The molecule has 1 aliphatic carbocycles. The Labute approximate surface area is 154 Å². The molecule has 1 saturated carbocycles. The van der Waals surface area contributed by atoms with Gasteiger partial charge in [-0.25, -0.2) is 0 Å². The lowest BCUT2D eigenvalue weighted by Gasteiger charge is -2.25. The number of carbonyl (C=O) groups excluding carboxylic acids is 2. The highest BCUT2D eigenvalue weighted by atomic mass is 16.5. The second-order valence-corrected chi connectivity index (χ2v) is 6.69. The van der Waals surface area contributed by atoms with Crippen LogP contribution in [0.5, 0.6) is 5.75 Å². The summed E-state index contributed by atoms with van der Waals surface area (Å²) in [7, 11) is 1.54. The second-order valence-electron chi connectivity index (χ2n) is 6.69. The number of benzene rings is 1. The lowest BCUT2D eigenvalue weighted by atomic mass is 9.98. The van der Waals surface area contributed by atoms with E-state index in [2.05, 4.69) is 16.7 Å². The van der Waals surface area contributed by atoms with E-state index in [-0.39, 0.29) is 30.8 Å². The predicted octanol–water partition coefficient (Wildman–Crippen LogP) is 1.76. The zero-order valence-electron chi connectivity index (χ0n) is 15.5. The van der Waals surface area contributed by atoms with Crippen LogP contribution in [0.15, 0.2) is 24.3 Å². The summed E-state index contributed by atoms with van der Waals surface area (Å²) in [6.07, 6.45) is 1.92. The monoisotopic (exact) mass is 358 g/mol. The van der Waals surface area contributed by atoms with Crippen LogP contribution in [0.1, 0.15) is 26.7 Å². The molecule has 2 amide bonds. The van der Waals surface area contributed by atoms with Gasteiger partial charge in [0.05, 0.1) is 32.0 Å². The molecule has 2 N–H and O–H groups in total. The zero-order chi connectivity index (χ0) is 19.2. The first kappa shape index (κ1) is 19.7. The van der Waals surface area contributed by atoms with Crippen molar-refractivity contribution in [3.8, 4) is 11.8 Å². The number of nitriles is 1. The van der Waals surface area contributed by atoms with Crippen molar-refractivity contribution < 1.29 is 14.3 Å². The predicted molar refractivity (Wildman–Crippen MR) is 98.6 cm³/mol. The third-order valence-electron chi connectivity index (χ3n) is 4.59. The highest BCUT2D eigenvalue weighted by Gasteiger charge is 2.43. The van der Waals surface area contributed by atoms with E-state index in [9.17, 15) is 14.9 Å². The number of nitrogens with zero attached hydrogens (tertiary/aromatic N) is 2. The first-order valence-corrected chi connectivity index (χ1v) is 8.79. The fourth-order valence-electron chi connectivity index (χ4n) is 2.83. The molecule has 26 heavy (non-hydrogen) atoms. The van der Waals surface area contributed by atoms with Crippen molar-refractivity contribution in [1.82, 2.24) is 10.2 Å². The van der Waals surface area contributed by atoms with Gasteiger partial charge in [-0.15, -0.1) is 0 Å². The third-order valence-corrected chi connectivity index (χ3v) is 4.59. The molecule has 0 aromatic heterocycles. The maximum Gasteiger partial charge on any atom is 0.238 e. The molecule has 7 nitrogen and oxygen atoms in total. The Morgan fingerprint density at radius 3 is 2.54 bits per heavy atom. The van der Waals surface area contributed by atoms with Gasteiger partial charge in [0.2, 0.25) is 11.8 Å². The third kappa shape index (κ3) is 5.20. The largest absolute Gasteiger partial charge is 0.495 e. The Morgan fingerprint density at radius 1 is 1.31 bits per heavy atom. The molecule has 1 aliphatic rings. The molecule has 1 atom stereocenters. The minimum absolute atomic E-state index is 0.0693. The molecule has 0 saturated heterocycles. The summed E-state index contributed by atoms with van der Waals surface area (Å²) < 4.78 is 5.21. The summed E-state index contributed by atoms with van der Waals surface area (Å²) in [5, 5.41) is 15.0. The summed E-state index contributed by atoms with van der Waals surface area (Å²) >= 11 is 0. The molecule has 0 spiro atoms. The molecule has 2 rings (SSSR count). The van der Waals surface area contributed by atoms with Gasteiger partial charge in [-0.1, -0.05) is 19.1 Å². The van der Waals surface area contributed by atoms with E-state index >= 15 is 0 Å². The molecule has 0 aliphatic heterocycles. The van der Waals surface area contributed by atoms with Gasteiger partial charge in [0.25, 0.3) is 0 Å². The highest BCUT2D eigenvalue weighted by Crippen LogP contribution is 2.39. The van der Waals surface area contributed by atoms with Crippen molar-refractivity contribution in [3.05, 3.63) is 24.3 Å². The Kier molecular flexibility index (Phi) is 6.58. The standard InChI is InChI=1S/C19H26N4O3/c1-4-23(12-18(25)22-19(2,13-20)14-9-10-14)11-17(24)21-15-7-5-6-8-16(15)26-3/h5-8,14H,4,9-12H2,1-3H3,(H,21,24)(H,22,25)/t19-/m1/s1. The Bertz CT molecular complexity index is 696. The summed E-state index contributed by atoms with van der Waals surface area (Å²) in [4.78, 5) is 26.3. The number of hydrogen-bond acceptors (Lipinski definition) is 5. The Morgan fingerprint density at radius 2 is 1.96 bits per heavy atom. The van der Waals surface area contributed by atoms with Crippen LogP contribution < -0.4 is 15.4 Å². The lowest BCUT2D eigenvalue weighted by Crippen LogP contribution is -2.50. The minimum atomic E-state index is -0.823. The first-order valence-electron chi connectivity index (χ1n) is 8.79. The van der Waals surface area contributed by atoms with Crippen LogP contribution in [0.4, 0.5) is 5.69 Å². The molecular formula is C19H26N4O3. The number of likely N-dealkylation sites (N-methyl/N-ethyl adjacent to an activating group) is 1. The van der Waals surface area contributed by atoms with Gasteiger partial charge in [-0.05, 0) is 44.4 Å². The fraction of sp³-hybridized carbons (Fsp3) is 0.526. The second kappa shape index (κ2) is 8.68. The van der Waals surface area contributed by atoms with Crippen LogP contribution in [0.3, 0.4) is 0 Å². The number of ether oxygens (including phenoxy) is 1. The van der Waals surface area contributed by atoms with Crippen molar-refractivity contribution in [3.63, 3.8) is 0 Å². The number of carbonyl (C=O) groups is 2. The molecule has 0 bridgehead atoms. The van der Waals surface area contributed by atoms with Crippen LogP contribution in [-0.4, -0.2) is 49.0 Å². The minimum Gasteiger partial charge on any atom is -0.495 e. The molecule has 0 unspecified atom stereocenters. The molecule has 0 radical (unpaired) electrons. The maximum absolute atomic E-state index is 12.3. The maximum atomic E-state index is 12.3. The van der Waals surface area contributed by atoms with Gasteiger partial charge in [-0.3, -0.25) is 14.5 Å². The zero-order valence-corrected chi connectivity index (χ0v) is 15.5. The SMILES string of the molecule is CCN(CC(=O)Nc1ccccc1OC)CC(=O)N[C@](C)(C#N)C1CC1. The number of methoxy groups -OCH3 is 1. The van der Waals surface area contributed by atoms with Gasteiger partial charge in [0, 0.05) is 0 Å². The summed E-state index contributed by atoms with van der Waals surface area (Å²) in [6.45, 7) is 4.33. The molecular weight excluding hydrogens is 332 g/mol. The van der Waals surface area contributed by atoms with E-state index in [4.69, 9.17) is 4.74 Å². The number of rotatable bonds is 9. The van der Waals surface area contributed by atoms with Crippen molar-refractivity contribution in [2.24, 2.45) is 5.92 Å². The number of nitrogens with one attached hydrogen (secondary N) is 2.